The molecule has 0 radical (unpaired) electrons. The molecule has 0 spiro atoms. The van der Waals surface area contributed by atoms with Gasteiger partial charge in [0.1, 0.15) is 17.6 Å². The molecule has 3 N–H and O–H groups in total. The Bertz CT molecular complexity index is 1050. The Hall–Kier alpha value is -3.43. The van der Waals surface area contributed by atoms with Crippen molar-refractivity contribution in [3.05, 3.63) is 53.4 Å². The Morgan fingerprint density at radius 1 is 1.32 bits per heavy atom. The lowest BCUT2D eigenvalue weighted by Gasteiger charge is -2.14. The first-order valence-corrected chi connectivity index (χ1v) is 8.35. The zero-order valence-electron chi connectivity index (χ0n) is 14.7. The summed E-state index contributed by atoms with van der Waals surface area (Å²) >= 11 is 0. The van der Waals surface area contributed by atoms with E-state index in [0.717, 1.165) is 12.5 Å². The second kappa shape index (κ2) is 7.29. The largest absolute Gasteiger partial charge is 0.618 e. The maximum atomic E-state index is 13.4. The van der Waals surface area contributed by atoms with Gasteiger partial charge < -0.3 is 16.3 Å². The zero-order valence-corrected chi connectivity index (χ0v) is 14.7. The molecule has 0 atom stereocenters. The molecule has 146 valence electrons. The SMILES string of the molecule is CCCNC(=O)c1c(N)c2cccc(-c3ncncc3C(F)(F)F)c2c[n+]1[O-]. The van der Waals surface area contributed by atoms with Crippen molar-refractivity contribution in [2.75, 3.05) is 12.3 Å². The number of nitrogens with one attached hydrogen (secondary N) is 1. The van der Waals surface area contributed by atoms with E-state index in [1.165, 1.54) is 18.2 Å². The maximum absolute atomic E-state index is 13.4. The highest BCUT2D eigenvalue weighted by atomic mass is 19.4. The van der Waals surface area contributed by atoms with Gasteiger partial charge in [-0.3, -0.25) is 4.79 Å². The number of halogens is 3. The summed E-state index contributed by atoms with van der Waals surface area (Å²) in [4.78, 5) is 19.5. The molecule has 0 unspecified atom stereocenters. The van der Waals surface area contributed by atoms with Crippen LogP contribution in [0.3, 0.4) is 0 Å². The molecular weight excluding hydrogens is 375 g/mol. The number of amides is 1. The van der Waals surface area contributed by atoms with Crippen LogP contribution in [0.2, 0.25) is 0 Å². The van der Waals surface area contributed by atoms with Crippen LogP contribution in [0.1, 0.15) is 29.4 Å². The molecular formula is C18H16F3N5O2. The van der Waals surface area contributed by atoms with Crippen LogP contribution < -0.4 is 15.8 Å². The van der Waals surface area contributed by atoms with E-state index in [-0.39, 0.29) is 38.1 Å². The number of nitrogens with zero attached hydrogens (tertiary/aromatic N) is 3. The second-order valence-corrected chi connectivity index (χ2v) is 6.02. The van der Waals surface area contributed by atoms with Gasteiger partial charge in [0, 0.05) is 23.7 Å². The van der Waals surface area contributed by atoms with Crippen molar-refractivity contribution in [2.45, 2.75) is 19.5 Å². The number of hydrogen-bond donors (Lipinski definition) is 2. The highest BCUT2D eigenvalue weighted by Gasteiger charge is 2.35. The number of pyridine rings is 1. The van der Waals surface area contributed by atoms with E-state index in [2.05, 4.69) is 15.3 Å². The Kier molecular flexibility index (Phi) is 5.04. The molecule has 0 saturated carbocycles. The average molecular weight is 391 g/mol. The molecule has 0 aliphatic rings. The van der Waals surface area contributed by atoms with Gasteiger partial charge in [-0.15, -0.1) is 0 Å². The molecule has 2 heterocycles. The Morgan fingerprint density at radius 2 is 2.07 bits per heavy atom. The van der Waals surface area contributed by atoms with Crippen LogP contribution in [-0.2, 0) is 6.18 Å². The van der Waals surface area contributed by atoms with Gasteiger partial charge in [-0.05, 0) is 6.42 Å². The lowest BCUT2D eigenvalue weighted by Crippen LogP contribution is -2.40. The average Bonchev–Trinajstić information content (AvgIpc) is 2.65. The standard InChI is InChI=1S/C18H16F3N5O2/c1-2-6-24-17(27)16-14(22)10-4-3-5-11(12(10)8-26(16)28)15-13(18(19,20)21)7-23-9-25-15/h3-5,7-9H,2,6,22H2,1H3,(H,24,27). The van der Waals surface area contributed by atoms with E-state index in [9.17, 15) is 23.2 Å². The predicted molar refractivity (Wildman–Crippen MR) is 96.0 cm³/mol. The van der Waals surface area contributed by atoms with E-state index in [4.69, 9.17) is 5.73 Å². The summed E-state index contributed by atoms with van der Waals surface area (Å²) in [5.41, 5.74) is 4.24. The fraction of sp³-hybridized carbons (Fsp3) is 0.222. The smallest absolute Gasteiger partial charge is 0.419 e. The van der Waals surface area contributed by atoms with E-state index >= 15 is 0 Å². The topological polar surface area (TPSA) is 108 Å². The van der Waals surface area contributed by atoms with Crippen LogP contribution in [0.15, 0.2) is 36.9 Å². The third-order valence-corrected chi connectivity index (χ3v) is 4.14. The van der Waals surface area contributed by atoms with Crippen LogP contribution in [-0.4, -0.2) is 22.4 Å². The first-order chi connectivity index (χ1) is 13.3. The number of nitrogen functional groups attached to an aromatic ring is 1. The summed E-state index contributed by atoms with van der Waals surface area (Å²) < 4.78 is 40.3. The van der Waals surface area contributed by atoms with Crippen molar-refractivity contribution < 1.29 is 22.7 Å². The molecule has 10 heteroatoms. The molecule has 28 heavy (non-hydrogen) atoms. The number of anilines is 1. The highest BCUT2D eigenvalue weighted by molar-refractivity contribution is 6.07. The number of fused-ring (bicyclic) bond motifs is 1. The number of alkyl halides is 3. The Balaban J connectivity index is 2.25. The lowest BCUT2D eigenvalue weighted by molar-refractivity contribution is -0.605. The third kappa shape index (κ3) is 3.40. The van der Waals surface area contributed by atoms with Crippen LogP contribution in [0.4, 0.5) is 18.9 Å². The van der Waals surface area contributed by atoms with Gasteiger partial charge in [0.2, 0.25) is 0 Å². The highest BCUT2D eigenvalue weighted by Crippen LogP contribution is 2.38. The maximum Gasteiger partial charge on any atom is 0.419 e. The van der Waals surface area contributed by atoms with Gasteiger partial charge >= 0.3 is 17.8 Å². The minimum absolute atomic E-state index is 0.0593. The first kappa shape index (κ1) is 19.3. The summed E-state index contributed by atoms with van der Waals surface area (Å²) in [7, 11) is 0. The Morgan fingerprint density at radius 3 is 2.75 bits per heavy atom. The molecule has 0 aliphatic carbocycles. The number of benzene rings is 1. The Labute approximate surface area is 157 Å². The van der Waals surface area contributed by atoms with Gasteiger partial charge in [0.05, 0.1) is 11.1 Å². The molecule has 7 nitrogen and oxygen atoms in total. The number of aromatic nitrogens is 3. The summed E-state index contributed by atoms with van der Waals surface area (Å²) in [5, 5.41) is 15.4. The number of hydrogen-bond acceptors (Lipinski definition) is 5. The summed E-state index contributed by atoms with van der Waals surface area (Å²) in [5.74, 6) is -0.653. The van der Waals surface area contributed by atoms with Crippen molar-refractivity contribution in [3.63, 3.8) is 0 Å². The minimum atomic E-state index is -4.68. The quantitative estimate of drug-likeness (QED) is 0.525. The molecule has 0 aliphatic heterocycles. The van der Waals surface area contributed by atoms with E-state index in [1.54, 1.807) is 0 Å². The number of carbonyl (C=O) groups is 1. The summed E-state index contributed by atoms with van der Waals surface area (Å²) in [6, 6.07) is 4.41. The van der Waals surface area contributed by atoms with Crippen LogP contribution in [0, 0.1) is 5.21 Å². The second-order valence-electron chi connectivity index (χ2n) is 6.02. The van der Waals surface area contributed by atoms with Crippen molar-refractivity contribution >= 4 is 22.4 Å². The molecule has 1 aromatic carbocycles. The minimum Gasteiger partial charge on any atom is -0.618 e. The molecule has 0 bridgehead atoms. The van der Waals surface area contributed by atoms with E-state index < -0.39 is 17.6 Å². The monoisotopic (exact) mass is 391 g/mol. The zero-order chi connectivity index (χ0) is 20.5. The normalized spacial score (nSPS) is 11.6. The van der Waals surface area contributed by atoms with Crippen molar-refractivity contribution in [1.29, 1.82) is 0 Å². The number of carbonyl (C=O) groups excluding carboxylic acids is 1. The van der Waals surface area contributed by atoms with Crippen molar-refractivity contribution in [3.8, 4) is 11.3 Å². The van der Waals surface area contributed by atoms with Gasteiger partial charge in [0.25, 0.3) is 0 Å². The molecule has 1 amide bonds. The van der Waals surface area contributed by atoms with Crippen molar-refractivity contribution in [2.24, 2.45) is 0 Å². The molecule has 0 fully saturated rings. The molecule has 0 saturated heterocycles. The summed E-state index contributed by atoms with van der Waals surface area (Å²) in [6.45, 7) is 2.20. The number of nitrogens with two attached hydrogens (primary N) is 1. The predicted octanol–water partition coefficient (Wildman–Crippen LogP) is 2.67. The van der Waals surface area contributed by atoms with Gasteiger partial charge in [-0.25, -0.2) is 9.97 Å². The van der Waals surface area contributed by atoms with Crippen LogP contribution >= 0.6 is 0 Å². The van der Waals surface area contributed by atoms with Crippen LogP contribution in [0.5, 0.6) is 0 Å². The molecule has 2 aromatic heterocycles. The van der Waals surface area contributed by atoms with Gasteiger partial charge in [-0.1, -0.05) is 25.1 Å². The van der Waals surface area contributed by atoms with Crippen LogP contribution in [0.25, 0.3) is 22.0 Å². The van der Waals surface area contributed by atoms with Gasteiger partial charge in [-0.2, -0.15) is 17.9 Å². The fourth-order valence-corrected chi connectivity index (χ4v) is 2.87. The number of rotatable bonds is 4. The van der Waals surface area contributed by atoms with Crippen molar-refractivity contribution in [1.82, 2.24) is 15.3 Å². The molecule has 3 rings (SSSR count). The lowest BCUT2D eigenvalue weighted by atomic mass is 9.99. The fourth-order valence-electron chi connectivity index (χ4n) is 2.87. The molecule has 3 aromatic rings. The summed E-state index contributed by atoms with van der Waals surface area (Å²) in [6.07, 6.45) is -1.33. The van der Waals surface area contributed by atoms with E-state index in [1.807, 2.05) is 6.92 Å². The van der Waals surface area contributed by atoms with E-state index in [0.29, 0.717) is 19.2 Å². The first-order valence-electron chi connectivity index (χ1n) is 8.35. The third-order valence-electron chi connectivity index (χ3n) is 4.14. The van der Waals surface area contributed by atoms with Gasteiger partial charge in [0.15, 0.2) is 6.20 Å².